The zero-order chi connectivity index (χ0) is 10.4. The first-order chi connectivity index (χ1) is 6.77. The minimum atomic E-state index is 0.709. The van der Waals surface area contributed by atoms with Crippen molar-refractivity contribution in [2.75, 3.05) is 24.5 Å². The summed E-state index contributed by atoms with van der Waals surface area (Å²) in [6, 6.07) is 0. The van der Waals surface area contributed by atoms with Gasteiger partial charge >= 0.3 is 0 Å². The number of nitrogens with zero attached hydrogens (tertiary/aromatic N) is 3. The van der Waals surface area contributed by atoms with Gasteiger partial charge in [-0.1, -0.05) is 0 Å². The lowest BCUT2D eigenvalue weighted by Gasteiger charge is -2.19. The molecule has 0 saturated carbocycles. The van der Waals surface area contributed by atoms with Crippen molar-refractivity contribution >= 4 is 28.5 Å². The predicted octanol–water partition coefficient (Wildman–Crippen LogP) is 1.26. The Kier molecular flexibility index (Phi) is 5.10. The summed E-state index contributed by atoms with van der Waals surface area (Å²) in [6.07, 6.45) is 4.63. The Bertz CT molecular complexity index is 262. The molecule has 1 aromatic heterocycles. The smallest absolute Gasteiger partial charge is 0.225 e. The quantitative estimate of drug-likeness (QED) is 0.832. The maximum atomic E-state index is 5.47. The van der Waals surface area contributed by atoms with Crippen molar-refractivity contribution in [3.05, 3.63) is 16.0 Å². The van der Waals surface area contributed by atoms with E-state index in [-0.39, 0.29) is 0 Å². The van der Waals surface area contributed by atoms with Gasteiger partial charge in [0.25, 0.3) is 0 Å². The standard InChI is InChI=1S/C9H15IN4/c1-2-14(5-3-4-11)9-12-6-8(10)7-13-9/h6-7H,2-5,11H2,1H3. The fourth-order valence-corrected chi connectivity index (χ4v) is 1.43. The van der Waals surface area contributed by atoms with Crippen LogP contribution in [0, 0.1) is 3.57 Å². The maximum Gasteiger partial charge on any atom is 0.225 e. The van der Waals surface area contributed by atoms with Gasteiger partial charge in [0.1, 0.15) is 0 Å². The molecule has 0 amide bonds. The first-order valence-corrected chi connectivity index (χ1v) is 5.78. The van der Waals surface area contributed by atoms with Gasteiger partial charge in [-0.3, -0.25) is 0 Å². The largest absolute Gasteiger partial charge is 0.341 e. The second-order valence-corrected chi connectivity index (χ2v) is 4.17. The van der Waals surface area contributed by atoms with Crippen molar-refractivity contribution in [3.63, 3.8) is 0 Å². The summed E-state index contributed by atoms with van der Waals surface area (Å²) in [5.74, 6) is 0.793. The van der Waals surface area contributed by atoms with Crippen LogP contribution in [0.3, 0.4) is 0 Å². The number of aromatic nitrogens is 2. The van der Waals surface area contributed by atoms with E-state index in [0.29, 0.717) is 6.54 Å². The van der Waals surface area contributed by atoms with Crippen molar-refractivity contribution in [3.8, 4) is 0 Å². The van der Waals surface area contributed by atoms with Crippen molar-refractivity contribution in [2.24, 2.45) is 5.73 Å². The molecule has 5 heteroatoms. The molecule has 0 aliphatic rings. The van der Waals surface area contributed by atoms with E-state index >= 15 is 0 Å². The summed E-state index contributed by atoms with van der Waals surface area (Å²) in [5, 5.41) is 0. The van der Waals surface area contributed by atoms with Crippen molar-refractivity contribution in [2.45, 2.75) is 13.3 Å². The molecule has 14 heavy (non-hydrogen) atoms. The number of anilines is 1. The number of rotatable bonds is 5. The van der Waals surface area contributed by atoms with Crippen LogP contribution in [0.1, 0.15) is 13.3 Å². The minimum Gasteiger partial charge on any atom is -0.341 e. The molecular weight excluding hydrogens is 291 g/mol. The van der Waals surface area contributed by atoms with Gasteiger partial charge in [0.15, 0.2) is 0 Å². The molecule has 0 atom stereocenters. The van der Waals surface area contributed by atoms with Gasteiger partial charge < -0.3 is 10.6 Å². The Hall–Kier alpha value is -0.430. The summed E-state index contributed by atoms with van der Waals surface area (Å²) in [4.78, 5) is 10.7. The summed E-state index contributed by atoms with van der Waals surface area (Å²) in [5.41, 5.74) is 5.47. The normalized spacial score (nSPS) is 10.2. The van der Waals surface area contributed by atoms with Crippen molar-refractivity contribution < 1.29 is 0 Å². The zero-order valence-electron chi connectivity index (χ0n) is 8.28. The van der Waals surface area contributed by atoms with Gasteiger partial charge in [-0.25, -0.2) is 9.97 Å². The Balaban J connectivity index is 2.64. The molecule has 1 rings (SSSR count). The average molecular weight is 306 g/mol. The van der Waals surface area contributed by atoms with Crippen molar-refractivity contribution in [1.82, 2.24) is 9.97 Å². The van der Waals surface area contributed by atoms with Crippen LogP contribution < -0.4 is 10.6 Å². The summed E-state index contributed by atoms with van der Waals surface area (Å²) < 4.78 is 1.06. The third-order valence-electron chi connectivity index (χ3n) is 1.90. The third-order valence-corrected chi connectivity index (χ3v) is 2.46. The molecule has 0 aliphatic heterocycles. The minimum absolute atomic E-state index is 0.709. The highest BCUT2D eigenvalue weighted by atomic mass is 127. The molecule has 0 aliphatic carbocycles. The number of hydrogen-bond acceptors (Lipinski definition) is 4. The van der Waals surface area contributed by atoms with E-state index in [2.05, 4.69) is 44.4 Å². The second-order valence-electron chi connectivity index (χ2n) is 2.92. The number of halogens is 1. The van der Waals surface area contributed by atoms with Gasteiger partial charge in [-0.15, -0.1) is 0 Å². The van der Waals surface area contributed by atoms with Gasteiger partial charge in [-0.2, -0.15) is 0 Å². The van der Waals surface area contributed by atoms with Gasteiger partial charge in [-0.05, 0) is 42.5 Å². The van der Waals surface area contributed by atoms with E-state index in [4.69, 9.17) is 5.73 Å². The van der Waals surface area contributed by atoms with Crippen LogP contribution in [0.2, 0.25) is 0 Å². The van der Waals surface area contributed by atoms with Crippen LogP contribution in [-0.4, -0.2) is 29.6 Å². The fourth-order valence-electron chi connectivity index (χ4n) is 1.15. The molecule has 4 nitrogen and oxygen atoms in total. The van der Waals surface area contributed by atoms with Gasteiger partial charge in [0.2, 0.25) is 5.95 Å². The van der Waals surface area contributed by atoms with E-state index in [1.165, 1.54) is 0 Å². The number of nitrogens with two attached hydrogens (primary N) is 1. The summed E-state index contributed by atoms with van der Waals surface area (Å²) in [7, 11) is 0. The van der Waals surface area contributed by atoms with Crippen LogP contribution in [0.4, 0.5) is 5.95 Å². The average Bonchev–Trinajstić information content (AvgIpc) is 2.21. The molecule has 0 radical (unpaired) electrons. The highest BCUT2D eigenvalue weighted by molar-refractivity contribution is 14.1. The third kappa shape index (κ3) is 3.38. The van der Waals surface area contributed by atoms with Crippen molar-refractivity contribution in [1.29, 1.82) is 0 Å². The molecular formula is C9H15IN4. The molecule has 0 fully saturated rings. The molecule has 0 saturated heterocycles. The Morgan fingerprint density at radius 1 is 1.43 bits per heavy atom. The van der Waals surface area contributed by atoms with E-state index in [0.717, 1.165) is 29.0 Å². The maximum absolute atomic E-state index is 5.47. The highest BCUT2D eigenvalue weighted by Crippen LogP contribution is 2.08. The summed E-state index contributed by atoms with van der Waals surface area (Å²) >= 11 is 2.20. The van der Waals surface area contributed by atoms with E-state index in [9.17, 15) is 0 Å². The molecule has 1 heterocycles. The fraction of sp³-hybridized carbons (Fsp3) is 0.556. The van der Waals surface area contributed by atoms with Crippen LogP contribution in [0.25, 0.3) is 0 Å². The predicted molar refractivity (Wildman–Crippen MR) is 66.3 cm³/mol. The lowest BCUT2D eigenvalue weighted by atomic mass is 10.4. The Morgan fingerprint density at radius 3 is 2.57 bits per heavy atom. The van der Waals surface area contributed by atoms with E-state index in [1.807, 2.05) is 12.4 Å². The van der Waals surface area contributed by atoms with E-state index < -0.39 is 0 Å². The molecule has 2 N–H and O–H groups in total. The summed E-state index contributed by atoms with van der Waals surface area (Å²) in [6.45, 7) is 4.65. The van der Waals surface area contributed by atoms with Crippen LogP contribution >= 0.6 is 22.6 Å². The Labute approximate surface area is 98.1 Å². The lowest BCUT2D eigenvalue weighted by Crippen LogP contribution is -2.27. The van der Waals surface area contributed by atoms with Crippen LogP contribution in [0.5, 0.6) is 0 Å². The molecule has 78 valence electrons. The topological polar surface area (TPSA) is 55.0 Å². The second kappa shape index (κ2) is 6.13. The van der Waals surface area contributed by atoms with Crippen LogP contribution in [0.15, 0.2) is 12.4 Å². The molecule has 1 aromatic rings. The molecule has 0 aromatic carbocycles. The van der Waals surface area contributed by atoms with Gasteiger partial charge in [0.05, 0.1) is 0 Å². The highest BCUT2D eigenvalue weighted by Gasteiger charge is 2.05. The molecule has 0 bridgehead atoms. The van der Waals surface area contributed by atoms with E-state index in [1.54, 1.807) is 0 Å². The number of hydrogen-bond donors (Lipinski definition) is 1. The monoisotopic (exact) mass is 306 g/mol. The molecule has 0 spiro atoms. The van der Waals surface area contributed by atoms with Gasteiger partial charge in [0, 0.05) is 29.1 Å². The zero-order valence-corrected chi connectivity index (χ0v) is 10.4. The first-order valence-electron chi connectivity index (χ1n) is 4.70. The van der Waals surface area contributed by atoms with Crippen LogP contribution in [-0.2, 0) is 0 Å². The SMILES string of the molecule is CCN(CCCN)c1ncc(I)cn1. The first kappa shape index (κ1) is 11.6. The lowest BCUT2D eigenvalue weighted by molar-refractivity contribution is 0.732. The Morgan fingerprint density at radius 2 is 2.07 bits per heavy atom. The molecule has 0 unspecified atom stereocenters.